The maximum atomic E-state index is 12.3. The lowest BCUT2D eigenvalue weighted by Crippen LogP contribution is -2.36. The number of amides is 1. The minimum absolute atomic E-state index is 0.000216. The predicted octanol–water partition coefficient (Wildman–Crippen LogP) is 1.40. The molecule has 7 nitrogen and oxygen atoms in total. The van der Waals surface area contributed by atoms with Gasteiger partial charge in [-0.1, -0.05) is 30.3 Å². The number of rotatable bonds is 6. The molecule has 0 radical (unpaired) electrons. The third-order valence-electron chi connectivity index (χ3n) is 3.84. The van der Waals surface area contributed by atoms with Gasteiger partial charge in [0.25, 0.3) is 11.5 Å². The molecule has 2 aromatic carbocycles. The smallest absolute Gasteiger partial charge is 0.272 e. The zero-order valence-electron chi connectivity index (χ0n) is 14.2. The number of fused-ring (bicyclic) bond motifs is 1. The Kier molecular flexibility index (Phi) is 5.28. The van der Waals surface area contributed by atoms with Crippen molar-refractivity contribution in [1.82, 2.24) is 15.5 Å². The van der Waals surface area contributed by atoms with Crippen molar-refractivity contribution in [2.24, 2.45) is 0 Å². The van der Waals surface area contributed by atoms with Crippen molar-refractivity contribution in [3.05, 3.63) is 70.1 Å². The number of nitrogens with one attached hydrogen (secondary N) is 2. The molecule has 1 heterocycles. The fourth-order valence-corrected chi connectivity index (χ4v) is 2.54. The molecule has 3 rings (SSSR count). The van der Waals surface area contributed by atoms with Crippen molar-refractivity contribution in [2.45, 2.75) is 13.0 Å². The van der Waals surface area contributed by atoms with Gasteiger partial charge in [-0.15, -0.1) is 0 Å². The van der Waals surface area contributed by atoms with Crippen molar-refractivity contribution in [2.75, 3.05) is 13.2 Å². The average Bonchev–Trinajstić information content (AvgIpc) is 2.65. The van der Waals surface area contributed by atoms with Crippen LogP contribution in [0.3, 0.4) is 0 Å². The van der Waals surface area contributed by atoms with Crippen LogP contribution in [-0.2, 0) is 0 Å². The average molecular weight is 353 g/mol. The molecule has 7 heteroatoms. The third-order valence-corrected chi connectivity index (χ3v) is 3.84. The number of hydrogen-bond acceptors (Lipinski definition) is 5. The summed E-state index contributed by atoms with van der Waals surface area (Å²) in [4.78, 5) is 24.1. The van der Waals surface area contributed by atoms with Gasteiger partial charge in [-0.3, -0.25) is 9.59 Å². The highest BCUT2D eigenvalue weighted by atomic mass is 16.5. The molecule has 0 saturated carbocycles. The Hall–Kier alpha value is -3.19. The molecule has 0 fully saturated rings. The molecule has 0 aliphatic carbocycles. The molecule has 134 valence electrons. The number of H-pyrrole nitrogens is 1. The van der Waals surface area contributed by atoms with E-state index < -0.39 is 12.0 Å². The van der Waals surface area contributed by atoms with E-state index in [1.54, 1.807) is 30.3 Å². The van der Waals surface area contributed by atoms with Gasteiger partial charge in [0, 0.05) is 11.9 Å². The van der Waals surface area contributed by atoms with Crippen LogP contribution in [0.25, 0.3) is 10.8 Å². The van der Waals surface area contributed by atoms with Crippen molar-refractivity contribution in [3.63, 3.8) is 0 Å². The maximum Gasteiger partial charge on any atom is 0.272 e. The summed E-state index contributed by atoms with van der Waals surface area (Å²) >= 11 is 0. The van der Waals surface area contributed by atoms with Gasteiger partial charge in [-0.2, -0.15) is 5.10 Å². The van der Waals surface area contributed by atoms with E-state index in [0.717, 1.165) is 5.56 Å². The second kappa shape index (κ2) is 7.79. The molecular weight excluding hydrogens is 334 g/mol. The van der Waals surface area contributed by atoms with E-state index in [4.69, 9.17) is 4.74 Å². The number of ether oxygens (including phenoxy) is 1. The molecule has 3 N–H and O–H groups in total. The Morgan fingerprint density at radius 2 is 2.00 bits per heavy atom. The lowest BCUT2D eigenvalue weighted by Gasteiger charge is -2.13. The molecule has 0 aliphatic heterocycles. The van der Waals surface area contributed by atoms with Crippen LogP contribution in [0.5, 0.6) is 5.75 Å². The first kappa shape index (κ1) is 17.6. The highest BCUT2D eigenvalue weighted by Gasteiger charge is 2.15. The van der Waals surface area contributed by atoms with Gasteiger partial charge >= 0.3 is 0 Å². The number of aliphatic hydroxyl groups is 1. The van der Waals surface area contributed by atoms with E-state index in [2.05, 4.69) is 15.5 Å². The standard InChI is InChI=1S/C19H19N3O4/c1-12-5-4-6-14(9-12)26-11-13(23)10-20-19(25)17-15-7-2-3-8-16(15)18(24)22-21-17/h2-9,13,23H,10-11H2,1H3,(H,20,25)(H,22,24). The Bertz CT molecular complexity index is 984. The van der Waals surface area contributed by atoms with Crippen LogP contribution in [0, 0.1) is 6.92 Å². The summed E-state index contributed by atoms with van der Waals surface area (Å²) in [5, 5.41) is 19.6. The summed E-state index contributed by atoms with van der Waals surface area (Å²) < 4.78 is 5.51. The number of hydrogen-bond donors (Lipinski definition) is 3. The zero-order valence-corrected chi connectivity index (χ0v) is 14.2. The Morgan fingerprint density at radius 1 is 1.23 bits per heavy atom. The Morgan fingerprint density at radius 3 is 2.77 bits per heavy atom. The second-order valence-corrected chi connectivity index (χ2v) is 5.94. The number of aromatic amines is 1. The molecular formula is C19H19N3O4. The summed E-state index contributed by atoms with van der Waals surface area (Å²) in [5.41, 5.74) is 0.803. The topological polar surface area (TPSA) is 104 Å². The maximum absolute atomic E-state index is 12.3. The van der Waals surface area contributed by atoms with Gasteiger partial charge in [-0.25, -0.2) is 5.10 Å². The van der Waals surface area contributed by atoms with Gasteiger partial charge in [0.2, 0.25) is 0 Å². The number of nitrogens with zero attached hydrogens (tertiary/aromatic N) is 1. The van der Waals surface area contributed by atoms with Gasteiger partial charge in [0.15, 0.2) is 5.69 Å². The monoisotopic (exact) mass is 353 g/mol. The van der Waals surface area contributed by atoms with Gasteiger partial charge in [-0.05, 0) is 30.7 Å². The van der Waals surface area contributed by atoms with E-state index in [1.165, 1.54) is 0 Å². The summed E-state index contributed by atoms with van der Waals surface area (Å²) in [7, 11) is 0. The normalized spacial score (nSPS) is 11.9. The van der Waals surface area contributed by atoms with Gasteiger partial charge < -0.3 is 15.2 Å². The van der Waals surface area contributed by atoms with Crippen molar-refractivity contribution in [1.29, 1.82) is 0 Å². The van der Waals surface area contributed by atoms with E-state index >= 15 is 0 Å². The molecule has 0 bridgehead atoms. The summed E-state index contributed by atoms with van der Waals surface area (Å²) in [5.74, 6) is 0.177. The largest absolute Gasteiger partial charge is 0.491 e. The number of aryl methyl sites for hydroxylation is 1. The van der Waals surface area contributed by atoms with E-state index in [0.29, 0.717) is 16.5 Å². The SMILES string of the molecule is Cc1cccc(OCC(O)CNC(=O)c2n[nH]c(=O)c3ccccc23)c1. The lowest BCUT2D eigenvalue weighted by atomic mass is 10.1. The van der Waals surface area contributed by atoms with Crippen LogP contribution in [0.2, 0.25) is 0 Å². The third kappa shape index (κ3) is 4.07. The first-order valence-corrected chi connectivity index (χ1v) is 8.18. The predicted molar refractivity (Wildman–Crippen MR) is 97.4 cm³/mol. The van der Waals surface area contributed by atoms with E-state index in [-0.39, 0.29) is 24.4 Å². The first-order valence-electron chi connectivity index (χ1n) is 8.18. The van der Waals surface area contributed by atoms with Crippen molar-refractivity contribution < 1.29 is 14.6 Å². The molecule has 1 atom stereocenters. The quantitative estimate of drug-likeness (QED) is 0.621. The first-order chi connectivity index (χ1) is 12.5. The highest BCUT2D eigenvalue weighted by Crippen LogP contribution is 2.13. The van der Waals surface area contributed by atoms with Crippen LogP contribution in [0.4, 0.5) is 0 Å². The molecule has 0 spiro atoms. The summed E-state index contributed by atoms with van der Waals surface area (Å²) in [6.07, 6.45) is -0.881. The number of carbonyl (C=O) groups excluding carboxylic acids is 1. The number of aromatic nitrogens is 2. The molecule has 1 unspecified atom stereocenters. The minimum Gasteiger partial charge on any atom is -0.491 e. The second-order valence-electron chi connectivity index (χ2n) is 5.94. The van der Waals surface area contributed by atoms with Crippen LogP contribution in [-0.4, -0.2) is 40.5 Å². The van der Waals surface area contributed by atoms with Crippen LogP contribution < -0.4 is 15.6 Å². The van der Waals surface area contributed by atoms with Gasteiger partial charge in [0.1, 0.15) is 18.5 Å². The molecule has 0 aliphatic rings. The molecule has 0 saturated heterocycles. The Labute approximate surface area is 149 Å². The van der Waals surface area contributed by atoms with Crippen LogP contribution in [0.1, 0.15) is 16.1 Å². The highest BCUT2D eigenvalue weighted by molar-refractivity contribution is 6.04. The van der Waals surface area contributed by atoms with Crippen molar-refractivity contribution >= 4 is 16.7 Å². The fraction of sp³-hybridized carbons (Fsp3) is 0.211. The Balaban J connectivity index is 1.60. The fourth-order valence-electron chi connectivity index (χ4n) is 2.54. The van der Waals surface area contributed by atoms with E-state index in [1.807, 2.05) is 25.1 Å². The molecule has 3 aromatic rings. The van der Waals surface area contributed by atoms with Crippen LogP contribution in [0.15, 0.2) is 53.3 Å². The van der Waals surface area contributed by atoms with Crippen molar-refractivity contribution in [3.8, 4) is 5.75 Å². The molecule has 26 heavy (non-hydrogen) atoms. The molecule has 1 aromatic heterocycles. The minimum atomic E-state index is -0.881. The zero-order chi connectivity index (χ0) is 18.5. The van der Waals surface area contributed by atoms with Crippen LogP contribution >= 0.6 is 0 Å². The number of aliphatic hydroxyl groups excluding tert-OH is 1. The van der Waals surface area contributed by atoms with E-state index in [9.17, 15) is 14.7 Å². The summed E-state index contributed by atoms with van der Waals surface area (Å²) in [6, 6.07) is 14.2. The lowest BCUT2D eigenvalue weighted by molar-refractivity contribution is 0.0840. The number of carbonyl (C=O) groups is 1. The summed E-state index contributed by atoms with van der Waals surface area (Å²) in [6.45, 7) is 1.99. The molecule has 1 amide bonds. The number of benzene rings is 2. The van der Waals surface area contributed by atoms with Gasteiger partial charge in [0.05, 0.1) is 5.39 Å².